The van der Waals surface area contributed by atoms with Gasteiger partial charge in [0.25, 0.3) is 0 Å². The van der Waals surface area contributed by atoms with Gasteiger partial charge in [-0.2, -0.15) is 0 Å². The van der Waals surface area contributed by atoms with Crippen LogP contribution in [0.15, 0.2) is 55.1 Å². The Balaban J connectivity index is 2.17. The summed E-state index contributed by atoms with van der Waals surface area (Å²) in [4.78, 5) is 11.3. The molecule has 0 aromatic heterocycles. The fourth-order valence-electron chi connectivity index (χ4n) is 2.16. The van der Waals surface area contributed by atoms with Gasteiger partial charge in [-0.1, -0.05) is 36.4 Å². The lowest BCUT2D eigenvalue weighted by atomic mass is 10.0. The van der Waals surface area contributed by atoms with Crippen LogP contribution in [0, 0.1) is 6.92 Å². The van der Waals surface area contributed by atoms with Crippen molar-refractivity contribution in [3.05, 3.63) is 66.2 Å². The third-order valence-corrected chi connectivity index (χ3v) is 3.66. The van der Waals surface area contributed by atoms with Crippen LogP contribution in [0.3, 0.4) is 0 Å². The van der Waals surface area contributed by atoms with Gasteiger partial charge in [0, 0.05) is 6.92 Å². The third kappa shape index (κ3) is 4.20. The molecule has 2 rings (SSSR count). The van der Waals surface area contributed by atoms with Crippen LogP contribution in [-0.2, 0) is 4.79 Å². The second-order valence-electron chi connectivity index (χ2n) is 5.51. The molecule has 1 amide bonds. The van der Waals surface area contributed by atoms with Gasteiger partial charge in [0.1, 0.15) is 11.5 Å². The molecule has 0 aliphatic carbocycles. The summed E-state index contributed by atoms with van der Waals surface area (Å²) in [6.45, 7) is 9.02. The second-order valence-corrected chi connectivity index (χ2v) is 5.51. The minimum absolute atomic E-state index is 0.425. The number of hydrogen-bond donors (Lipinski definition) is 1. The van der Waals surface area contributed by atoms with E-state index in [9.17, 15) is 10.0 Å². The zero-order valence-corrected chi connectivity index (χ0v) is 13.6. The van der Waals surface area contributed by atoms with Crippen LogP contribution in [0.25, 0.3) is 5.57 Å². The SMILES string of the molecule is C=C(c1cccc(Oc2ccc(C)cc2)c1)C(C)N(O)C(C)=O. The lowest BCUT2D eigenvalue weighted by Gasteiger charge is -2.23. The highest BCUT2D eigenvalue weighted by atomic mass is 16.5. The van der Waals surface area contributed by atoms with Gasteiger partial charge in [-0.15, -0.1) is 0 Å². The zero-order chi connectivity index (χ0) is 17.0. The zero-order valence-electron chi connectivity index (χ0n) is 13.6. The van der Waals surface area contributed by atoms with Gasteiger partial charge < -0.3 is 4.74 Å². The van der Waals surface area contributed by atoms with E-state index in [0.717, 1.165) is 11.3 Å². The molecule has 23 heavy (non-hydrogen) atoms. The van der Waals surface area contributed by atoms with Crippen molar-refractivity contribution in [3.8, 4) is 11.5 Å². The molecule has 0 radical (unpaired) electrons. The lowest BCUT2D eigenvalue weighted by Crippen LogP contribution is -2.34. The molecule has 1 unspecified atom stereocenters. The smallest absolute Gasteiger partial charge is 0.243 e. The van der Waals surface area contributed by atoms with E-state index in [2.05, 4.69) is 6.58 Å². The van der Waals surface area contributed by atoms with E-state index in [-0.39, 0.29) is 0 Å². The standard InChI is InChI=1S/C19H21NO3/c1-13-8-10-18(11-9-13)23-19-7-5-6-17(12-19)14(2)15(3)20(22)16(4)21/h5-12,15,22H,2H2,1,3-4H3. The molecule has 0 aliphatic rings. The number of hydrogen-bond acceptors (Lipinski definition) is 3. The van der Waals surface area contributed by atoms with E-state index >= 15 is 0 Å². The summed E-state index contributed by atoms with van der Waals surface area (Å²) in [7, 11) is 0. The predicted octanol–water partition coefficient (Wildman–Crippen LogP) is 4.43. The first-order chi connectivity index (χ1) is 10.9. The van der Waals surface area contributed by atoms with Crippen molar-refractivity contribution in [3.63, 3.8) is 0 Å². The summed E-state index contributed by atoms with van der Waals surface area (Å²) < 4.78 is 5.83. The van der Waals surface area contributed by atoms with Crippen molar-refractivity contribution in [2.75, 3.05) is 0 Å². The Morgan fingerprint density at radius 2 is 1.83 bits per heavy atom. The molecule has 0 bridgehead atoms. The molecule has 2 aromatic rings. The first-order valence-electron chi connectivity index (χ1n) is 7.41. The fourth-order valence-corrected chi connectivity index (χ4v) is 2.16. The molecule has 0 fully saturated rings. The maximum atomic E-state index is 11.3. The Morgan fingerprint density at radius 3 is 2.43 bits per heavy atom. The van der Waals surface area contributed by atoms with Crippen LogP contribution < -0.4 is 4.74 Å². The molecule has 2 aromatic carbocycles. The summed E-state index contributed by atoms with van der Waals surface area (Å²) in [5.74, 6) is 0.997. The predicted molar refractivity (Wildman–Crippen MR) is 90.5 cm³/mol. The van der Waals surface area contributed by atoms with E-state index in [4.69, 9.17) is 4.74 Å². The molecule has 0 aliphatic heterocycles. The molecular weight excluding hydrogens is 290 g/mol. The summed E-state index contributed by atoms with van der Waals surface area (Å²) in [6.07, 6.45) is 0. The Hall–Kier alpha value is -2.59. The van der Waals surface area contributed by atoms with Crippen molar-refractivity contribution in [2.24, 2.45) is 0 Å². The van der Waals surface area contributed by atoms with Crippen LogP contribution in [0.5, 0.6) is 11.5 Å². The van der Waals surface area contributed by atoms with Gasteiger partial charge in [0.2, 0.25) is 5.91 Å². The van der Waals surface area contributed by atoms with Crippen LogP contribution in [0.4, 0.5) is 0 Å². The Morgan fingerprint density at radius 1 is 1.17 bits per heavy atom. The largest absolute Gasteiger partial charge is 0.457 e. The molecule has 4 heteroatoms. The van der Waals surface area contributed by atoms with Gasteiger partial charge in [-0.25, -0.2) is 5.06 Å². The van der Waals surface area contributed by atoms with Crippen molar-refractivity contribution in [2.45, 2.75) is 26.8 Å². The molecule has 4 nitrogen and oxygen atoms in total. The Kier molecular flexibility index (Phi) is 5.19. The highest BCUT2D eigenvalue weighted by Gasteiger charge is 2.18. The van der Waals surface area contributed by atoms with Crippen molar-refractivity contribution in [1.29, 1.82) is 0 Å². The number of nitrogens with zero attached hydrogens (tertiary/aromatic N) is 1. The molecule has 0 saturated carbocycles. The van der Waals surface area contributed by atoms with E-state index < -0.39 is 11.9 Å². The molecule has 0 spiro atoms. The summed E-state index contributed by atoms with van der Waals surface area (Å²) in [5.41, 5.74) is 2.61. The van der Waals surface area contributed by atoms with Crippen LogP contribution in [-0.4, -0.2) is 22.2 Å². The summed E-state index contributed by atoms with van der Waals surface area (Å²) in [5, 5.41) is 10.4. The van der Waals surface area contributed by atoms with Gasteiger partial charge >= 0.3 is 0 Å². The lowest BCUT2D eigenvalue weighted by molar-refractivity contribution is -0.166. The number of amides is 1. The van der Waals surface area contributed by atoms with E-state index in [1.165, 1.54) is 12.5 Å². The maximum absolute atomic E-state index is 11.3. The number of carbonyl (C=O) groups excluding carboxylic acids is 1. The van der Waals surface area contributed by atoms with Crippen LogP contribution >= 0.6 is 0 Å². The highest BCUT2D eigenvalue weighted by molar-refractivity contribution is 5.77. The number of rotatable bonds is 5. The van der Waals surface area contributed by atoms with E-state index in [1.807, 2.05) is 55.5 Å². The average molecular weight is 311 g/mol. The molecule has 0 saturated heterocycles. The Bertz CT molecular complexity index is 707. The van der Waals surface area contributed by atoms with Gasteiger partial charge in [-0.3, -0.25) is 10.0 Å². The molecule has 120 valence electrons. The first kappa shape index (κ1) is 16.8. The van der Waals surface area contributed by atoms with Gasteiger partial charge in [-0.05, 0) is 49.2 Å². The summed E-state index contributed by atoms with van der Waals surface area (Å²) >= 11 is 0. The maximum Gasteiger partial charge on any atom is 0.243 e. The van der Waals surface area contributed by atoms with Crippen LogP contribution in [0.2, 0.25) is 0 Å². The minimum atomic E-state index is -0.512. The van der Waals surface area contributed by atoms with Crippen LogP contribution in [0.1, 0.15) is 25.0 Å². The minimum Gasteiger partial charge on any atom is -0.457 e. The quantitative estimate of drug-likeness (QED) is 0.656. The average Bonchev–Trinajstić information content (AvgIpc) is 2.55. The number of aryl methyl sites for hydroxylation is 1. The normalized spacial score (nSPS) is 11.7. The molecule has 1 atom stereocenters. The molecule has 0 heterocycles. The number of hydroxylamine groups is 2. The fraction of sp³-hybridized carbons (Fsp3) is 0.211. The number of benzene rings is 2. The van der Waals surface area contributed by atoms with Crippen molar-refractivity contribution < 1.29 is 14.7 Å². The van der Waals surface area contributed by atoms with Crippen molar-refractivity contribution >= 4 is 11.5 Å². The van der Waals surface area contributed by atoms with E-state index in [1.54, 1.807) is 6.92 Å². The Labute approximate surface area is 136 Å². The van der Waals surface area contributed by atoms with E-state index in [0.29, 0.717) is 16.4 Å². The second kappa shape index (κ2) is 7.11. The van der Waals surface area contributed by atoms with Gasteiger partial charge in [0.15, 0.2) is 0 Å². The molecular formula is C19H21NO3. The summed E-state index contributed by atoms with van der Waals surface area (Å²) in [6, 6.07) is 14.7. The van der Waals surface area contributed by atoms with Gasteiger partial charge in [0.05, 0.1) is 6.04 Å². The number of ether oxygens (including phenoxy) is 1. The highest BCUT2D eigenvalue weighted by Crippen LogP contribution is 2.27. The third-order valence-electron chi connectivity index (χ3n) is 3.66. The number of carbonyl (C=O) groups is 1. The monoisotopic (exact) mass is 311 g/mol. The first-order valence-corrected chi connectivity index (χ1v) is 7.41. The van der Waals surface area contributed by atoms with Crippen molar-refractivity contribution in [1.82, 2.24) is 5.06 Å². The topological polar surface area (TPSA) is 49.8 Å². The molecule has 1 N–H and O–H groups in total.